The standard InChI is InChI=1S/C23H31N3O3S2/c27-23(24-16-19-11-13-26(14-12-19)17-21-2-1-15-30-21)10-5-18-3-8-22(9-4-18)31(28,29)25-20-6-7-20/h1-4,8-9,15,19-20,25H,5-7,10-14,16-17H2,(H,24,27). The zero-order chi connectivity index (χ0) is 21.7. The molecule has 8 heteroatoms. The molecule has 168 valence electrons. The molecular weight excluding hydrogens is 430 g/mol. The van der Waals surface area contributed by atoms with Crippen molar-refractivity contribution in [2.45, 2.75) is 56.0 Å². The number of sulfonamides is 1. The topological polar surface area (TPSA) is 78.5 Å². The molecule has 1 amide bonds. The van der Waals surface area contributed by atoms with Gasteiger partial charge in [0.2, 0.25) is 15.9 Å². The molecule has 6 nitrogen and oxygen atoms in total. The molecule has 1 saturated heterocycles. The van der Waals surface area contributed by atoms with Gasteiger partial charge in [-0.15, -0.1) is 11.3 Å². The van der Waals surface area contributed by atoms with Crippen molar-refractivity contribution in [1.29, 1.82) is 0 Å². The zero-order valence-electron chi connectivity index (χ0n) is 17.8. The number of likely N-dealkylation sites (tertiary alicyclic amines) is 1. The molecule has 1 aromatic carbocycles. The number of aryl methyl sites for hydroxylation is 1. The van der Waals surface area contributed by atoms with Crippen LogP contribution in [-0.2, 0) is 27.8 Å². The first-order valence-corrected chi connectivity index (χ1v) is 13.5. The number of hydrogen-bond acceptors (Lipinski definition) is 5. The van der Waals surface area contributed by atoms with Gasteiger partial charge < -0.3 is 5.32 Å². The Morgan fingerprint density at radius 3 is 2.45 bits per heavy atom. The lowest BCUT2D eigenvalue weighted by atomic mass is 9.96. The van der Waals surface area contributed by atoms with E-state index in [0.717, 1.165) is 57.4 Å². The van der Waals surface area contributed by atoms with Crippen molar-refractivity contribution in [2.24, 2.45) is 5.92 Å². The Hall–Kier alpha value is -1.74. The Bertz CT molecular complexity index is 946. The molecule has 1 saturated carbocycles. The minimum Gasteiger partial charge on any atom is -0.356 e. The molecule has 0 atom stereocenters. The van der Waals surface area contributed by atoms with Gasteiger partial charge in [0, 0.05) is 30.4 Å². The van der Waals surface area contributed by atoms with E-state index in [1.54, 1.807) is 24.3 Å². The first-order valence-electron chi connectivity index (χ1n) is 11.1. The maximum atomic E-state index is 12.3. The van der Waals surface area contributed by atoms with E-state index in [0.29, 0.717) is 18.8 Å². The lowest BCUT2D eigenvalue weighted by Crippen LogP contribution is -2.38. The first kappa shape index (κ1) is 22.5. The molecule has 0 unspecified atom stereocenters. The number of thiophene rings is 1. The number of nitrogens with one attached hydrogen (secondary N) is 2. The van der Waals surface area contributed by atoms with E-state index in [9.17, 15) is 13.2 Å². The molecule has 0 spiro atoms. The smallest absolute Gasteiger partial charge is 0.240 e. The van der Waals surface area contributed by atoms with Gasteiger partial charge in [-0.3, -0.25) is 9.69 Å². The molecule has 1 aromatic heterocycles. The van der Waals surface area contributed by atoms with Crippen LogP contribution >= 0.6 is 11.3 Å². The van der Waals surface area contributed by atoms with Crippen LogP contribution in [0.15, 0.2) is 46.7 Å². The van der Waals surface area contributed by atoms with Gasteiger partial charge in [-0.25, -0.2) is 13.1 Å². The minimum absolute atomic E-state index is 0.0631. The van der Waals surface area contributed by atoms with Gasteiger partial charge in [-0.2, -0.15) is 0 Å². The van der Waals surface area contributed by atoms with Gasteiger partial charge in [0.25, 0.3) is 0 Å². The SMILES string of the molecule is O=C(CCc1ccc(S(=O)(=O)NC2CC2)cc1)NCC1CCN(Cc2cccs2)CC1. The zero-order valence-corrected chi connectivity index (χ0v) is 19.4. The summed E-state index contributed by atoms with van der Waals surface area (Å²) < 4.78 is 27.1. The largest absolute Gasteiger partial charge is 0.356 e. The lowest BCUT2D eigenvalue weighted by molar-refractivity contribution is -0.121. The predicted octanol–water partition coefficient (Wildman–Crippen LogP) is 3.15. The lowest BCUT2D eigenvalue weighted by Gasteiger charge is -2.31. The van der Waals surface area contributed by atoms with E-state index in [2.05, 4.69) is 32.5 Å². The van der Waals surface area contributed by atoms with Crippen molar-refractivity contribution in [3.8, 4) is 0 Å². The third-order valence-electron chi connectivity index (χ3n) is 6.03. The average molecular weight is 462 g/mol. The molecule has 0 bridgehead atoms. The number of benzene rings is 1. The van der Waals surface area contributed by atoms with Crippen molar-refractivity contribution in [3.05, 3.63) is 52.2 Å². The summed E-state index contributed by atoms with van der Waals surface area (Å²) in [5.41, 5.74) is 0.974. The Morgan fingerprint density at radius 2 is 1.81 bits per heavy atom. The molecule has 1 aliphatic heterocycles. The van der Waals surface area contributed by atoms with Crippen molar-refractivity contribution in [2.75, 3.05) is 19.6 Å². The van der Waals surface area contributed by atoms with Crippen LogP contribution in [0, 0.1) is 5.92 Å². The van der Waals surface area contributed by atoms with Gasteiger partial charge in [-0.1, -0.05) is 18.2 Å². The van der Waals surface area contributed by atoms with E-state index in [1.807, 2.05) is 11.3 Å². The van der Waals surface area contributed by atoms with Gasteiger partial charge in [-0.05, 0) is 80.3 Å². The van der Waals surface area contributed by atoms with E-state index in [4.69, 9.17) is 0 Å². The van der Waals surface area contributed by atoms with Crippen LogP contribution in [0.25, 0.3) is 0 Å². The average Bonchev–Trinajstić information content (AvgIpc) is 3.42. The molecule has 2 heterocycles. The fourth-order valence-corrected chi connectivity index (χ4v) is 5.95. The predicted molar refractivity (Wildman–Crippen MR) is 123 cm³/mol. The van der Waals surface area contributed by atoms with Gasteiger partial charge in [0.1, 0.15) is 0 Å². The highest BCUT2D eigenvalue weighted by molar-refractivity contribution is 7.89. The van der Waals surface area contributed by atoms with Crippen LogP contribution in [0.2, 0.25) is 0 Å². The van der Waals surface area contributed by atoms with Crippen LogP contribution in [-0.4, -0.2) is 44.9 Å². The highest BCUT2D eigenvalue weighted by Crippen LogP contribution is 2.23. The number of hydrogen-bond donors (Lipinski definition) is 2. The Morgan fingerprint density at radius 1 is 1.06 bits per heavy atom. The summed E-state index contributed by atoms with van der Waals surface area (Å²) in [6, 6.07) is 11.3. The Balaban J connectivity index is 1.14. The number of nitrogens with zero attached hydrogens (tertiary/aromatic N) is 1. The van der Waals surface area contributed by atoms with Gasteiger partial charge >= 0.3 is 0 Å². The molecule has 31 heavy (non-hydrogen) atoms. The quantitative estimate of drug-likeness (QED) is 0.570. The van der Waals surface area contributed by atoms with Crippen molar-refractivity contribution >= 4 is 27.3 Å². The summed E-state index contributed by atoms with van der Waals surface area (Å²) in [6.07, 6.45) is 5.11. The monoisotopic (exact) mass is 461 g/mol. The van der Waals surface area contributed by atoms with Crippen LogP contribution in [0.4, 0.5) is 0 Å². The second-order valence-electron chi connectivity index (χ2n) is 8.64. The number of carbonyl (C=O) groups is 1. The highest BCUT2D eigenvalue weighted by Gasteiger charge is 2.27. The number of carbonyl (C=O) groups excluding carboxylic acids is 1. The van der Waals surface area contributed by atoms with Crippen LogP contribution < -0.4 is 10.0 Å². The van der Waals surface area contributed by atoms with Crippen LogP contribution in [0.5, 0.6) is 0 Å². The van der Waals surface area contributed by atoms with Crippen LogP contribution in [0.1, 0.15) is 42.5 Å². The second-order valence-corrected chi connectivity index (χ2v) is 11.4. The normalized spacial score (nSPS) is 18.2. The molecule has 2 fully saturated rings. The number of piperidine rings is 1. The van der Waals surface area contributed by atoms with E-state index >= 15 is 0 Å². The summed E-state index contributed by atoms with van der Waals surface area (Å²) in [5.74, 6) is 0.611. The maximum Gasteiger partial charge on any atom is 0.240 e. The van der Waals surface area contributed by atoms with E-state index in [1.165, 1.54) is 4.88 Å². The van der Waals surface area contributed by atoms with Crippen molar-refractivity contribution in [1.82, 2.24) is 14.9 Å². The molecule has 1 aliphatic carbocycles. The van der Waals surface area contributed by atoms with Crippen molar-refractivity contribution < 1.29 is 13.2 Å². The Labute approximate surface area is 189 Å². The van der Waals surface area contributed by atoms with E-state index < -0.39 is 10.0 Å². The maximum absolute atomic E-state index is 12.3. The third-order valence-corrected chi connectivity index (χ3v) is 8.43. The van der Waals surface area contributed by atoms with Crippen molar-refractivity contribution in [3.63, 3.8) is 0 Å². The molecule has 2 aliphatic rings. The molecule has 4 rings (SSSR count). The molecule has 2 aromatic rings. The minimum atomic E-state index is -3.42. The fraction of sp³-hybridized carbons (Fsp3) is 0.522. The number of amides is 1. The van der Waals surface area contributed by atoms with Gasteiger partial charge in [0.05, 0.1) is 4.90 Å². The molecular formula is C23H31N3O3S2. The second kappa shape index (κ2) is 10.3. The molecule has 0 radical (unpaired) electrons. The number of rotatable bonds is 10. The van der Waals surface area contributed by atoms with E-state index in [-0.39, 0.29) is 16.8 Å². The summed E-state index contributed by atoms with van der Waals surface area (Å²) in [5, 5.41) is 5.21. The summed E-state index contributed by atoms with van der Waals surface area (Å²) >= 11 is 1.81. The summed E-state index contributed by atoms with van der Waals surface area (Å²) in [7, 11) is -3.42. The van der Waals surface area contributed by atoms with Gasteiger partial charge in [0.15, 0.2) is 0 Å². The molecule has 2 N–H and O–H groups in total. The third kappa shape index (κ3) is 6.87. The van der Waals surface area contributed by atoms with Crippen LogP contribution in [0.3, 0.4) is 0 Å². The fourth-order valence-electron chi connectivity index (χ4n) is 3.90. The first-order chi connectivity index (χ1) is 15.0. The summed E-state index contributed by atoms with van der Waals surface area (Å²) in [6.45, 7) is 3.95. The highest BCUT2D eigenvalue weighted by atomic mass is 32.2. The summed E-state index contributed by atoms with van der Waals surface area (Å²) in [4.78, 5) is 16.5. The Kier molecular flexibility index (Phi) is 7.43.